The van der Waals surface area contributed by atoms with E-state index in [9.17, 15) is 4.79 Å². The number of carbonyl (C=O) groups is 1. The molecule has 1 heterocycles. The molecule has 1 aliphatic rings. The van der Waals surface area contributed by atoms with Gasteiger partial charge in [0, 0.05) is 17.4 Å². The van der Waals surface area contributed by atoms with Crippen LogP contribution in [0.15, 0.2) is 52.6 Å². The van der Waals surface area contributed by atoms with Gasteiger partial charge in [0.15, 0.2) is 17.3 Å². The van der Waals surface area contributed by atoms with Gasteiger partial charge in [-0.15, -0.1) is 0 Å². The van der Waals surface area contributed by atoms with E-state index in [2.05, 4.69) is 31.3 Å². The number of rotatable bonds is 8. The average molecular weight is 411 g/mol. The Morgan fingerprint density at radius 3 is 2.30 bits per heavy atom. The van der Waals surface area contributed by atoms with E-state index < -0.39 is 0 Å². The zero-order chi connectivity index (χ0) is 22.1. The van der Waals surface area contributed by atoms with Gasteiger partial charge in [0.05, 0.1) is 19.9 Å². The molecule has 0 atom stereocenters. The van der Waals surface area contributed by atoms with Gasteiger partial charge in [-0.2, -0.15) is 0 Å². The van der Waals surface area contributed by atoms with E-state index in [4.69, 9.17) is 14.5 Å². The summed E-state index contributed by atoms with van der Waals surface area (Å²) in [5.41, 5.74) is 4.74. The van der Waals surface area contributed by atoms with Crippen molar-refractivity contribution in [2.75, 3.05) is 27.3 Å². The first kappa shape index (κ1) is 23.6. The van der Waals surface area contributed by atoms with E-state index in [1.165, 1.54) is 12.5 Å². The Morgan fingerprint density at radius 1 is 1.07 bits per heavy atom. The number of carbonyl (C=O) groups excluding carboxylic acids is 1. The molecule has 0 aliphatic carbocycles. The highest BCUT2D eigenvalue weighted by atomic mass is 16.5. The summed E-state index contributed by atoms with van der Waals surface area (Å²) in [5.74, 6) is 1.77. The van der Waals surface area contributed by atoms with Crippen LogP contribution in [0.25, 0.3) is 5.70 Å². The van der Waals surface area contributed by atoms with Crippen LogP contribution in [0.4, 0.5) is 0 Å². The SMILES string of the molecule is C\C=C(/C=C(C)\C(C)=N\C(=C/C(C)=O)c1ccc(OC)c(OC)c1)C1CCNCC1. The summed E-state index contributed by atoms with van der Waals surface area (Å²) >= 11 is 0. The van der Waals surface area contributed by atoms with E-state index in [0.29, 0.717) is 23.1 Å². The molecule has 0 spiro atoms. The van der Waals surface area contributed by atoms with Gasteiger partial charge in [0.2, 0.25) is 0 Å². The second-order valence-corrected chi connectivity index (χ2v) is 7.55. The molecule has 0 bridgehead atoms. The molecule has 2 rings (SSSR count). The van der Waals surface area contributed by atoms with Gasteiger partial charge in [-0.05, 0) is 88.9 Å². The smallest absolute Gasteiger partial charge is 0.161 e. The molecular formula is C25H34N2O3. The second kappa shape index (κ2) is 11.5. The summed E-state index contributed by atoms with van der Waals surface area (Å²) < 4.78 is 10.7. The molecule has 0 unspecified atom stereocenters. The third-order valence-corrected chi connectivity index (χ3v) is 5.41. The minimum absolute atomic E-state index is 0.0539. The molecule has 30 heavy (non-hydrogen) atoms. The molecule has 5 nitrogen and oxygen atoms in total. The van der Waals surface area contributed by atoms with Crippen molar-refractivity contribution in [1.82, 2.24) is 5.32 Å². The van der Waals surface area contributed by atoms with Crippen LogP contribution < -0.4 is 14.8 Å². The molecule has 0 amide bonds. The summed E-state index contributed by atoms with van der Waals surface area (Å²) in [6.45, 7) is 9.81. The van der Waals surface area contributed by atoms with Crippen LogP contribution in [0.1, 0.15) is 46.1 Å². The van der Waals surface area contributed by atoms with Crippen LogP contribution in [0.3, 0.4) is 0 Å². The topological polar surface area (TPSA) is 59.9 Å². The zero-order valence-electron chi connectivity index (χ0n) is 19.0. The van der Waals surface area contributed by atoms with Gasteiger partial charge in [-0.1, -0.05) is 12.2 Å². The number of nitrogens with zero attached hydrogens (tertiary/aromatic N) is 1. The van der Waals surface area contributed by atoms with Crippen molar-refractivity contribution >= 4 is 17.2 Å². The van der Waals surface area contributed by atoms with Crippen molar-refractivity contribution in [3.63, 3.8) is 0 Å². The molecule has 1 aromatic carbocycles. The van der Waals surface area contributed by atoms with E-state index in [1.807, 2.05) is 25.1 Å². The maximum atomic E-state index is 11.9. The van der Waals surface area contributed by atoms with Crippen molar-refractivity contribution in [3.8, 4) is 11.5 Å². The summed E-state index contributed by atoms with van der Waals surface area (Å²) in [6.07, 6.45) is 8.30. The predicted octanol–water partition coefficient (Wildman–Crippen LogP) is 4.99. The summed E-state index contributed by atoms with van der Waals surface area (Å²) in [5, 5.41) is 3.42. The van der Waals surface area contributed by atoms with Crippen LogP contribution in [-0.2, 0) is 4.79 Å². The van der Waals surface area contributed by atoms with Gasteiger partial charge in [-0.25, -0.2) is 0 Å². The second-order valence-electron chi connectivity index (χ2n) is 7.55. The van der Waals surface area contributed by atoms with Gasteiger partial charge in [0.25, 0.3) is 0 Å². The van der Waals surface area contributed by atoms with Gasteiger partial charge in [-0.3, -0.25) is 9.79 Å². The molecule has 0 saturated carbocycles. The average Bonchev–Trinajstić information content (AvgIpc) is 2.76. The lowest BCUT2D eigenvalue weighted by atomic mass is 9.88. The Labute approximate surface area is 180 Å². The number of methoxy groups -OCH3 is 2. The van der Waals surface area contributed by atoms with E-state index in [1.54, 1.807) is 20.3 Å². The third kappa shape index (κ3) is 6.42. The first-order chi connectivity index (χ1) is 14.4. The molecule has 1 saturated heterocycles. The highest BCUT2D eigenvalue weighted by molar-refractivity contribution is 6.03. The van der Waals surface area contributed by atoms with Crippen molar-refractivity contribution in [1.29, 1.82) is 0 Å². The Bertz CT molecular complexity index is 872. The van der Waals surface area contributed by atoms with Crippen molar-refractivity contribution in [2.45, 2.75) is 40.5 Å². The van der Waals surface area contributed by atoms with Gasteiger partial charge >= 0.3 is 0 Å². The summed E-state index contributed by atoms with van der Waals surface area (Å²) in [7, 11) is 3.19. The fourth-order valence-electron chi connectivity index (χ4n) is 3.58. The number of hydrogen-bond acceptors (Lipinski definition) is 5. The van der Waals surface area contributed by atoms with Gasteiger partial charge in [0.1, 0.15) is 0 Å². The first-order valence-corrected chi connectivity index (χ1v) is 10.4. The highest BCUT2D eigenvalue weighted by Gasteiger charge is 2.16. The number of piperidine rings is 1. The number of aliphatic imine (C=N–C) groups is 1. The first-order valence-electron chi connectivity index (χ1n) is 10.4. The number of ketones is 1. The maximum Gasteiger partial charge on any atom is 0.161 e. The lowest BCUT2D eigenvalue weighted by Gasteiger charge is -2.24. The van der Waals surface area contributed by atoms with Crippen LogP contribution in [0, 0.1) is 5.92 Å². The molecule has 162 valence electrons. The molecule has 1 aromatic rings. The minimum atomic E-state index is -0.0539. The molecule has 1 aliphatic heterocycles. The molecule has 1 fully saturated rings. The number of benzene rings is 1. The Morgan fingerprint density at radius 2 is 1.73 bits per heavy atom. The lowest BCUT2D eigenvalue weighted by molar-refractivity contribution is -0.112. The predicted molar refractivity (Wildman–Crippen MR) is 124 cm³/mol. The van der Waals surface area contributed by atoms with Gasteiger partial charge < -0.3 is 14.8 Å². The monoisotopic (exact) mass is 410 g/mol. The molecule has 1 N–H and O–H groups in total. The quantitative estimate of drug-likeness (QED) is 0.373. The molecular weight excluding hydrogens is 376 g/mol. The van der Waals surface area contributed by atoms with Crippen LogP contribution in [0.5, 0.6) is 11.5 Å². The lowest BCUT2D eigenvalue weighted by Crippen LogP contribution is -2.28. The van der Waals surface area contributed by atoms with Crippen molar-refractivity contribution < 1.29 is 14.3 Å². The van der Waals surface area contributed by atoms with E-state index >= 15 is 0 Å². The number of hydrogen-bond donors (Lipinski definition) is 1. The molecule has 0 radical (unpaired) electrons. The van der Waals surface area contributed by atoms with Crippen molar-refractivity contribution in [3.05, 3.63) is 53.1 Å². The Hall–Kier alpha value is -2.66. The highest BCUT2D eigenvalue weighted by Crippen LogP contribution is 2.31. The fourth-order valence-corrected chi connectivity index (χ4v) is 3.58. The molecule has 0 aromatic heterocycles. The van der Waals surface area contributed by atoms with E-state index in [-0.39, 0.29) is 5.78 Å². The normalized spacial score (nSPS) is 17.1. The molecule has 5 heteroatoms. The third-order valence-electron chi connectivity index (χ3n) is 5.41. The minimum Gasteiger partial charge on any atom is -0.493 e. The van der Waals surface area contributed by atoms with Crippen LogP contribution in [-0.4, -0.2) is 38.8 Å². The zero-order valence-corrected chi connectivity index (χ0v) is 19.0. The van der Waals surface area contributed by atoms with Crippen molar-refractivity contribution in [2.24, 2.45) is 10.9 Å². The Kier molecular flexibility index (Phi) is 9.06. The van der Waals surface area contributed by atoms with E-state index in [0.717, 1.165) is 42.8 Å². The largest absolute Gasteiger partial charge is 0.493 e. The summed E-state index contributed by atoms with van der Waals surface area (Å²) in [6, 6.07) is 5.55. The number of ether oxygens (including phenoxy) is 2. The maximum absolute atomic E-state index is 11.9. The summed E-state index contributed by atoms with van der Waals surface area (Å²) in [4.78, 5) is 16.7. The van der Waals surface area contributed by atoms with Crippen LogP contribution in [0.2, 0.25) is 0 Å². The standard InChI is InChI=1S/C25H34N2O3/c1-7-20(21-10-12-26-13-11-21)14-17(2)19(4)27-23(15-18(3)28)22-8-9-24(29-5)25(16-22)30-6/h7-9,14-16,21,26H,10-13H2,1-6H3/b17-14-,20-7+,23-15-,27-19+. The number of allylic oxidation sites excluding steroid dienone is 5. The fraction of sp³-hybridized carbons (Fsp3) is 0.440. The Balaban J connectivity index is 2.37. The van der Waals surface area contributed by atoms with Crippen LogP contribution >= 0.6 is 0 Å². The number of nitrogens with one attached hydrogen (secondary N) is 1.